The molecule has 0 atom stereocenters. The quantitative estimate of drug-likeness (QED) is 0.143. The Bertz CT molecular complexity index is 5550. The van der Waals surface area contributed by atoms with Gasteiger partial charge in [0.15, 0.2) is 0 Å². The van der Waals surface area contributed by atoms with Crippen LogP contribution in [0, 0.1) is 79.8 Å². The molecule has 0 spiro atoms. The van der Waals surface area contributed by atoms with Crippen LogP contribution in [0.3, 0.4) is 0 Å². The summed E-state index contributed by atoms with van der Waals surface area (Å²) in [5.74, 6) is -0.577. The molecule has 0 aliphatic heterocycles. The molecule has 0 saturated carbocycles. The summed E-state index contributed by atoms with van der Waals surface area (Å²) in [6.07, 6.45) is 21.9. The Hall–Kier alpha value is -14.7. The van der Waals surface area contributed by atoms with E-state index in [4.69, 9.17) is 0 Å². The standard InChI is InChI=1S/3C13H11F.6C12H11N/c1-10-2-4-11(5-3-10)12-6-8-13(14)9-7-12;2*1-10-5-7-11(8-6-10)12-3-2-4-13(14)9-12;1-10-2-4-11(5-3-10)12-6-8-13-9-7-12;2*1-10-4-6-11(7-5-10)12-3-2-8-13-9-12;1-10-5-2-3-7-12(10)11-6-4-8-13-9-11;1-10-3-2-4-12(9-10)11-5-7-13-8-6-11;1-10-4-2-3-5-12(10)11-6-8-13-9-7-11/h3*2-9H,1H3;6*2-9H,1H3. The number of pyridine rings is 6. The Morgan fingerprint density at radius 2 is 0.400 bits per heavy atom. The van der Waals surface area contributed by atoms with Crippen molar-refractivity contribution in [1.29, 1.82) is 0 Å². The molecule has 0 saturated heterocycles. The zero-order valence-corrected chi connectivity index (χ0v) is 69.4. The Kier molecular flexibility index (Phi) is 34.6. The Balaban J connectivity index is 0.000000142. The summed E-state index contributed by atoms with van der Waals surface area (Å²) in [5, 5.41) is 0. The second-order valence-electron chi connectivity index (χ2n) is 28.7. The average Bonchev–Trinajstić information content (AvgIpc) is 0.853. The van der Waals surface area contributed by atoms with Crippen molar-refractivity contribution in [3.63, 3.8) is 0 Å². The zero-order valence-electron chi connectivity index (χ0n) is 69.4. The SMILES string of the molecule is Cc1ccc(-c2ccc(F)cc2)cc1.Cc1ccc(-c2cccc(F)c2)cc1.Cc1ccc(-c2cccc(F)c2)cc1.Cc1ccc(-c2cccnc2)cc1.Cc1ccc(-c2cccnc2)cc1.Cc1ccc(-c2ccncc2)cc1.Cc1cccc(-c2ccncc2)c1.Cc1ccccc1-c1cccnc1.Cc1ccccc1-c1ccncc1. The number of hydrogen-bond acceptors (Lipinski definition) is 6. The maximum atomic E-state index is 12.9. The number of rotatable bonds is 9. The second kappa shape index (κ2) is 47.4. The summed E-state index contributed by atoms with van der Waals surface area (Å²) < 4.78 is 38.5. The third kappa shape index (κ3) is 29.6. The second-order valence-corrected chi connectivity index (χ2v) is 28.7. The number of hydrogen-bond donors (Lipinski definition) is 0. The van der Waals surface area contributed by atoms with Crippen molar-refractivity contribution in [2.24, 2.45) is 0 Å². The van der Waals surface area contributed by atoms with Gasteiger partial charge in [0.05, 0.1) is 0 Å². The van der Waals surface area contributed by atoms with Gasteiger partial charge < -0.3 is 0 Å². The van der Waals surface area contributed by atoms with Gasteiger partial charge in [0.2, 0.25) is 0 Å². The topological polar surface area (TPSA) is 77.3 Å². The van der Waals surface area contributed by atoms with Crippen LogP contribution in [0.15, 0.2) is 438 Å². The van der Waals surface area contributed by atoms with Crippen LogP contribution in [-0.2, 0) is 0 Å². The third-order valence-electron chi connectivity index (χ3n) is 19.1. The summed E-state index contributed by atoms with van der Waals surface area (Å²) in [4.78, 5) is 24.3. The van der Waals surface area contributed by atoms with Gasteiger partial charge in [0.25, 0.3) is 0 Å². The molecule has 0 N–H and O–H groups in total. The molecule has 0 radical (unpaired) electrons. The molecule has 0 unspecified atom stereocenters. The first-order valence-corrected chi connectivity index (χ1v) is 39.7. The van der Waals surface area contributed by atoms with Crippen LogP contribution in [0.1, 0.15) is 50.1 Å². The van der Waals surface area contributed by atoms with Crippen molar-refractivity contribution in [3.05, 3.63) is 506 Å². The lowest BCUT2D eigenvalue weighted by Crippen LogP contribution is -1.82. The van der Waals surface area contributed by atoms with E-state index in [-0.39, 0.29) is 17.5 Å². The summed E-state index contributed by atoms with van der Waals surface area (Å²) in [6.45, 7) is 18.7. The van der Waals surface area contributed by atoms with E-state index in [9.17, 15) is 13.2 Å². The monoisotopic (exact) mass is 1570 g/mol. The van der Waals surface area contributed by atoms with Crippen LogP contribution in [0.4, 0.5) is 13.2 Å². The molecule has 0 fully saturated rings. The molecule has 6 heterocycles. The number of halogens is 3. The minimum absolute atomic E-state index is 0.192. The highest BCUT2D eigenvalue weighted by atomic mass is 19.1. The zero-order chi connectivity index (χ0) is 84.5. The predicted molar refractivity (Wildman–Crippen MR) is 496 cm³/mol. The van der Waals surface area contributed by atoms with Gasteiger partial charge in [0.1, 0.15) is 17.5 Å². The van der Waals surface area contributed by atoms with E-state index < -0.39 is 0 Å². The van der Waals surface area contributed by atoms with E-state index >= 15 is 0 Å². The van der Waals surface area contributed by atoms with Gasteiger partial charge in [-0.15, -0.1) is 0 Å². The molecule has 9 heteroatoms. The number of nitrogens with zero attached hydrogens (tertiary/aromatic N) is 6. The van der Waals surface area contributed by atoms with Crippen molar-refractivity contribution in [2.45, 2.75) is 62.3 Å². The highest BCUT2D eigenvalue weighted by Gasteiger charge is 2.05. The van der Waals surface area contributed by atoms with Crippen molar-refractivity contribution in [1.82, 2.24) is 29.9 Å². The Morgan fingerprint density at radius 1 is 0.150 bits per heavy atom. The first-order valence-electron chi connectivity index (χ1n) is 39.7. The Labute approximate surface area is 707 Å². The van der Waals surface area contributed by atoms with Gasteiger partial charge in [-0.2, -0.15) is 0 Å². The fraction of sp³-hybridized carbons (Fsp3) is 0.0811. The van der Waals surface area contributed by atoms with Crippen LogP contribution in [0.25, 0.3) is 100 Å². The summed E-state index contributed by atoms with van der Waals surface area (Å²) in [7, 11) is 0. The highest BCUT2D eigenvalue weighted by Crippen LogP contribution is 2.28. The van der Waals surface area contributed by atoms with Gasteiger partial charge in [-0.05, 0) is 259 Å². The number of benzene rings is 12. The summed E-state index contributed by atoms with van der Waals surface area (Å²) in [5.41, 5.74) is 32.2. The van der Waals surface area contributed by atoms with Crippen molar-refractivity contribution < 1.29 is 13.2 Å². The normalized spacial score (nSPS) is 10.0. The van der Waals surface area contributed by atoms with Gasteiger partial charge in [-0.25, -0.2) is 13.2 Å². The van der Waals surface area contributed by atoms with Gasteiger partial charge in [-0.1, -0.05) is 312 Å². The first kappa shape index (κ1) is 87.7. The fourth-order valence-electron chi connectivity index (χ4n) is 12.3. The number of aryl methyl sites for hydroxylation is 9. The molecule has 18 aromatic rings. The Morgan fingerprint density at radius 3 is 0.708 bits per heavy atom. The predicted octanol–water partition coefficient (Wildman–Crippen LogP) is 29.7. The van der Waals surface area contributed by atoms with Gasteiger partial charge >= 0.3 is 0 Å². The molecule has 0 amide bonds. The van der Waals surface area contributed by atoms with E-state index in [1.807, 2.05) is 197 Å². The minimum atomic E-state index is -0.194. The lowest BCUT2D eigenvalue weighted by atomic mass is 10.0. The number of aromatic nitrogens is 6. The molecule has 0 aliphatic rings. The summed E-state index contributed by atoms with van der Waals surface area (Å²) in [6, 6.07) is 119. The van der Waals surface area contributed by atoms with Crippen molar-refractivity contribution in [2.75, 3.05) is 0 Å². The molecular formula is C111H99F3N6. The molecule has 120 heavy (non-hydrogen) atoms. The van der Waals surface area contributed by atoms with E-state index in [0.29, 0.717) is 0 Å². The molecule has 12 aromatic carbocycles. The molecule has 18 rings (SSSR count). The lowest BCUT2D eigenvalue weighted by molar-refractivity contribution is 0.627. The maximum Gasteiger partial charge on any atom is 0.123 e. The maximum absolute atomic E-state index is 12.9. The molecular weight excluding hydrogens is 1470 g/mol. The van der Waals surface area contributed by atoms with Crippen LogP contribution in [-0.4, -0.2) is 29.9 Å². The fourth-order valence-corrected chi connectivity index (χ4v) is 12.3. The molecule has 6 aromatic heterocycles. The molecule has 0 bridgehead atoms. The van der Waals surface area contributed by atoms with E-state index in [1.54, 1.807) is 55.0 Å². The van der Waals surface area contributed by atoms with Crippen LogP contribution in [0.5, 0.6) is 0 Å². The third-order valence-corrected chi connectivity index (χ3v) is 19.1. The average molecular weight is 1570 g/mol. The molecule has 594 valence electrons. The smallest absolute Gasteiger partial charge is 0.123 e. The largest absolute Gasteiger partial charge is 0.265 e. The molecule has 6 nitrogen and oxygen atoms in total. The van der Waals surface area contributed by atoms with Crippen LogP contribution in [0.2, 0.25) is 0 Å². The minimum Gasteiger partial charge on any atom is -0.265 e. The highest BCUT2D eigenvalue weighted by molar-refractivity contribution is 5.70. The van der Waals surface area contributed by atoms with Gasteiger partial charge in [-0.3, -0.25) is 29.9 Å². The van der Waals surface area contributed by atoms with E-state index in [0.717, 1.165) is 33.4 Å². The molecule has 0 aliphatic carbocycles. The van der Waals surface area contributed by atoms with Crippen LogP contribution < -0.4 is 0 Å². The first-order chi connectivity index (χ1) is 58.5. The van der Waals surface area contributed by atoms with E-state index in [1.165, 1.54) is 141 Å². The van der Waals surface area contributed by atoms with Crippen LogP contribution >= 0.6 is 0 Å². The van der Waals surface area contributed by atoms with Gasteiger partial charge in [0, 0.05) is 79.9 Å². The van der Waals surface area contributed by atoms with E-state index in [2.05, 4.69) is 254 Å². The van der Waals surface area contributed by atoms with Crippen molar-refractivity contribution in [3.8, 4) is 100 Å². The summed E-state index contributed by atoms with van der Waals surface area (Å²) >= 11 is 0. The van der Waals surface area contributed by atoms with Crippen molar-refractivity contribution >= 4 is 0 Å². The lowest BCUT2D eigenvalue weighted by Gasteiger charge is -2.03.